The number of anilines is 2. The van der Waals surface area contributed by atoms with E-state index in [2.05, 4.69) is 47.6 Å². The fourth-order valence-corrected chi connectivity index (χ4v) is 4.95. The molecule has 0 unspecified atom stereocenters. The number of carbonyl (C=O) groups is 1. The number of aromatic amines is 2. The smallest absolute Gasteiger partial charge is 0.224 e. The lowest BCUT2D eigenvalue weighted by atomic mass is 10.1. The second-order valence-corrected chi connectivity index (χ2v) is 10.9. The lowest BCUT2D eigenvalue weighted by Crippen LogP contribution is -2.20. The molecule has 0 saturated carbocycles. The first kappa shape index (κ1) is 28.9. The minimum Gasteiger partial charge on any atom is -0.384 e. The average Bonchev–Trinajstić information content (AvgIpc) is 3.63. The van der Waals surface area contributed by atoms with Crippen molar-refractivity contribution in [1.82, 2.24) is 40.0 Å². The number of hydrogen-bond donors (Lipinski definition) is 4. The van der Waals surface area contributed by atoms with Crippen LogP contribution < -0.4 is 10.6 Å². The van der Waals surface area contributed by atoms with Crippen LogP contribution in [0.5, 0.6) is 0 Å². The number of hydrogen-bond acceptors (Lipinski definition) is 8. The van der Waals surface area contributed by atoms with Gasteiger partial charge in [-0.15, -0.1) is 0 Å². The zero-order chi connectivity index (χ0) is 30.6. The fraction of sp³-hybridized carbons (Fsp3) is 0.250. The maximum absolute atomic E-state index is 14.7. The van der Waals surface area contributed by atoms with Gasteiger partial charge < -0.3 is 20.5 Å². The largest absolute Gasteiger partial charge is 0.384 e. The van der Waals surface area contributed by atoms with Crippen LogP contribution >= 0.6 is 0 Å². The van der Waals surface area contributed by atoms with Gasteiger partial charge in [-0.2, -0.15) is 5.10 Å². The highest BCUT2D eigenvalue weighted by Gasteiger charge is 2.18. The van der Waals surface area contributed by atoms with Gasteiger partial charge in [-0.3, -0.25) is 19.9 Å². The van der Waals surface area contributed by atoms with Gasteiger partial charge >= 0.3 is 0 Å². The topological polar surface area (TPSA) is 140 Å². The number of aromatic nitrogens is 7. The van der Waals surface area contributed by atoms with Crippen molar-refractivity contribution in [2.75, 3.05) is 37.8 Å². The minimum atomic E-state index is -0.362. The molecule has 1 aromatic carbocycles. The highest BCUT2D eigenvalue weighted by molar-refractivity contribution is 5.95. The molecule has 1 amide bonds. The van der Waals surface area contributed by atoms with E-state index in [0.29, 0.717) is 63.8 Å². The molecule has 11 nitrogen and oxygen atoms in total. The molecule has 0 aliphatic rings. The van der Waals surface area contributed by atoms with Gasteiger partial charge in [0.25, 0.3) is 0 Å². The van der Waals surface area contributed by atoms with E-state index >= 15 is 0 Å². The second-order valence-electron chi connectivity index (χ2n) is 10.9. The fourth-order valence-electron chi connectivity index (χ4n) is 4.95. The third-order valence-corrected chi connectivity index (χ3v) is 7.17. The van der Waals surface area contributed by atoms with Gasteiger partial charge in [0.15, 0.2) is 11.5 Å². The monoisotopic (exact) mass is 592 g/mol. The Morgan fingerprint density at radius 2 is 1.80 bits per heavy atom. The molecule has 0 aliphatic carbocycles. The average molecular weight is 593 g/mol. The Morgan fingerprint density at radius 3 is 2.64 bits per heavy atom. The van der Waals surface area contributed by atoms with E-state index in [0.717, 1.165) is 36.0 Å². The zero-order valence-electron chi connectivity index (χ0n) is 24.8. The van der Waals surface area contributed by atoms with Gasteiger partial charge in [0.2, 0.25) is 5.91 Å². The number of fused-ring (bicyclic) bond motifs is 2. The summed E-state index contributed by atoms with van der Waals surface area (Å²) >= 11 is 0. The number of benzene rings is 1. The quantitative estimate of drug-likeness (QED) is 0.147. The zero-order valence-corrected chi connectivity index (χ0v) is 24.8. The number of unbranched alkanes of at least 4 members (excludes halogenated alkanes) is 1. The molecule has 6 rings (SSSR count). The predicted octanol–water partition coefficient (Wildman–Crippen LogP) is 5.87. The molecule has 0 bridgehead atoms. The minimum absolute atomic E-state index is 0.0415. The molecule has 0 aliphatic heterocycles. The molecule has 0 spiro atoms. The number of halogens is 1. The highest BCUT2D eigenvalue weighted by atomic mass is 19.1. The summed E-state index contributed by atoms with van der Waals surface area (Å²) in [6.07, 6.45) is 7.24. The Labute approximate surface area is 253 Å². The third kappa shape index (κ3) is 6.25. The molecular formula is C32H33FN10O. The number of carbonyl (C=O) groups excluding carboxylic acids is 1. The van der Waals surface area contributed by atoms with Crippen molar-refractivity contribution in [2.45, 2.75) is 26.2 Å². The summed E-state index contributed by atoms with van der Waals surface area (Å²) in [4.78, 5) is 36.2. The molecule has 0 fully saturated rings. The van der Waals surface area contributed by atoms with Crippen LogP contribution in [0.2, 0.25) is 0 Å². The Morgan fingerprint density at radius 1 is 0.955 bits per heavy atom. The molecule has 6 aromatic rings. The first-order valence-corrected chi connectivity index (χ1v) is 14.5. The Kier molecular flexibility index (Phi) is 8.24. The summed E-state index contributed by atoms with van der Waals surface area (Å²) in [7, 11) is 3.98. The second kappa shape index (κ2) is 12.6. The molecule has 0 radical (unpaired) electrons. The van der Waals surface area contributed by atoms with Gasteiger partial charge in [-0.25, -0.2) is 14.4 Å². The summed E-state index contributed by atoms with van der Waals surface area (Å²) in [6, 6.07) is 12.3. The summed E-state index contributed by atoms with van der Waals surface area (Å²) in [5, 5.41) is 13.7. The van der Waals surface area contributed by atoms with Crippen LogP contribution in [-0.2, 0) is 4.79 Å². The van der Waals surface area contributed by atoms with Crippen LogP contribution in [0, 0.1) is 5.82 Å². The standard InChI is InChI=1S/C32H33FN10O/c1-4-5-6-27(44)37-23-15-20(17-34-18-23)24-7-8-26-30(38-24)31(42-41-26)32-39-25-9-10-36-28(29(25)40-32)19-13-21(33)16-22(14-19)35-11-12-43(2)3/h7-10,13-18,35H,4-6,11-12H2,1-3H3,(H,37,44)(H,39,40)(H,41,42). The van der Waals surface area contributed by atoms with Crippen molar-refractivity contribution in [1.29, 1.82) is 0 Å². The lowest BCUT2D eigenvalue weighted by Gasteiger charge is -2.12. The predicted molar refractivity (Wildman–Crippen MR) is 171 cm³/mol. The molecule has 4 N–H and O–H groups in total. The number of likely N-dealkylation sites (N-methyl/N-ethyl adjacent to an activating group) is 1. The van der Waals surface area contributed by atoms with Crippen molar-refractivity contribution in [3.63, 3.8) is 0 Å². The highest BCUT2D eigenvalue weighted by Crippen LogP contribution is 2.32. The van der Waals surface area contributed by atoms with Gasteiger partial charge in [0.05, 0.1) is 34.3 Å². The molecular weight excluding hydrogens is 559 g/mol. The van der Waals surface area contributed by atoms with Gasteiger partial charge in [-0.1, -0.05) is 13.3 Å². The maximum atomic E-state index is 14.7. The molecule has 12 heteroatoms. The van der Waals surface area contributed by atoms with E-state index < -0.39 is 0 Å². The summed E-state index contributed by atoms with van der Waals surface area (Å²) < 4.78 is 14.7. The van der Waals surface area contributed by atoms with E-state index in [1.807, 2.05) is 44.4 Å². The molecule has 44 heavy (non-hydrogen) atoms. The van der Waals surface area contributed by atoms with Gasteiger partial charge in [-0.05, 0) is 63.0 Å². The van der Waals surface area contributed by atoms with Crippen LogP contribution in [0.15, 0.2) is 61.1 Å². The maximum Gasteiger partial charge on any atom is 0.224 e. The van der Waals surface area contributed by atoms with Crippen molar-refractivity contribution in [3.05, 3.63) is 66.9 Å². The first-order valence-electron chi connectivity index (χ1n) is 14.5. The van der Waals surface area contributed by atoms with Gasteiger partial charge in [0, 0.05) is 48.7 Å². The van der Waals surface area contributed by atoms with Crippen molar-refractivity contribution >= 4 is 39.3 Å². The SMILES string of the molecule is CCCCC(=O)Nc1cncc(-c2ccc3[nH]nc(-c4nc5c(-c6cc(F)cc(NCCN(C)C)c6)nccc5[nH]4)c3n2)c1. The number of pyridine rings is 3. The molecule has 5 aromatic heterocycles. The van der Waals surface area contributed by atoms with Crippen LogP contribution in [0.25, 0.3) is 56.1 Å². The van der Waals surface area contributed by atoms with E-state index in [-0.39, 0.29) is 11.7 Å². The number of nitrogens with zero attached hydrogens (tertiary/aromatic N) is 6. The number of amides is 1. The number of H-pyrrole nitrogens is 2. The number of imidazole rings is 1. The number of nitrogens with one attached hydrogen (secondary N) is 4. The Bertz CT molecular complexity index is 1950. The third-order valence-electron chi connectivity index (χ3n) is 7.17. The van der Waals surface area contributed by atoms with Crippen molar-refractivity contribution < 1.29 is 9.18 Å². The van der Waals surface area contributed by atoms with Crippen LogP contribution in [-0.4, -0.2) is 73.1 Å². The van der Waals surface area contributed by atoms with Crippen molar-refractivity contribution in [3.8, 4) is 34.0 Å². The molecule has 0 atom stereocenters. The van der Waals surface area contributed by atoms with E-state index in [1.165, 1.54) is 12.1 Å². The van der Waals surface area contributed by atoms with E-state index in [4.69, 9.17) is 9.97 Å². The van der Waals surface area contributed by atoms with E-state index in [1.54, 1.807) is 18.6 Å². The van der Waals surface area contributed by atoms with Crippen LogP contribution in [0.3, 0.4) is 0 Å². The Balaban J connectivity index is 1.33. The van der Waals surface area contributed by atoms with Crippen molar-refractivity contribution in [2.24, 2.45) is 0 Å². The number of rotatable bonds is 11. The van der Waals surface area contributed by atoms with Gasteiger partial charge in [0.1, 0.15) is 16.9 Å². The molecule has 0 saturated heterocycles. The first-order chi connectivity index (χ1) is 21.4. The molecule has 224 valence electrons. The molecule has 5 heterocycles. The Hall–Kier alpha value is -5.23. The normalized spacial score (nSPS) is 11.5. The van der Waals surface area contributed by atoms with E-state index in [9.17, 15) is 9.18 Å². The summed E-state index contributed by atoms with van der Waals surface area (Å²) in [6.45, 7) is 3.54. The summed E-state index contributed by atoms with van der Waals surface area (Å²) in [5.74, 6) is 0.0969. The van der Waals surface area contributed by atoms with Crippen LogP contribution in [0.1, 0.15) is 26.2 Å². The van der Waals surface area contributed by atoms with Crippen LogP contribution in [0.4, 0.5) is 15.8 Å². The lowest BCUT2D eigenvalue weighted by molar-refractivity contribution is -0.116. The summed E-state index contributed by atoms with van der Waals surface area (Å²) in [5.41, 5.74) is 7.09.